The number of rotatable bonds is 5. The molecule has 1 N–H and O–H groups in total. The van der Waals surface area contributed by atoms with Crippen LogP contribution in [-0.4, -0.2) is 25.5 Å². The SMILES string of the molecule is COC(=O)C1=C(C)NC2=C(C(=O)CC(C)(C)C2)[C@H]1COCc1ccccc1. The van der Waals surface area contributed by atoms with Crippen LogP contribution < -0.4 is 5.32 Å². The molecule has 0 saturated heterocycles. The summed E-state index contributed by atoms with van der Waals surface area (Å²) >= 11 is 0. The highest BCUT2D eigenvalue weighted by molar-refractivity contribution is 6.02. The topological polar surface area (TPSA) is 64.6 Å². The van der Waals surface area contributed by atoms with Gasteiger partial charge in [-0.15, -0.1) is 0 Å². The molecule has 0 aromatic heterocycles. The maximum Gasteiger partial charge on any atom is 0.336 e. The number of carbonyl (C=O) groups excluding carboxylic acids is 2. The monoisotopic (exact) mass is 369 g/mol. The molecule has 1 heterocycles. The Morgan fingerprint density at radius 1 is 1.22 bits per heavy atom. The van der Waals surface area contributed by atoms with Gasteiger partial charge in [0.05, 0.1) is 25.9 Å². The smallest absolute Gasteiger partial charge is 0.336 e. The molecule has 0 spiro atoms. The van der Waals surface area contributed by atoms with Gasteiger partial charge >= 0.3 is 5.97 Å². The summed E-state index contributed by atoms with van der Waals surface area (Å²) in [6.07, 6.45) is 1.24. The number of nitrogens with one attached hydrogen (secondary N) is 1. The largest absolute Gasteiger partial charge is 0.466 e. The third-order valence-corrected chi connectivity index (χ3v) is 5.16. The van der Waals surface area contributed by atoms with Crippen LogP contribution >= 0.6 is 0 Å². The van der Waals surface area contributed by atoms with E-state index in [0.717, 1.165) is 23.4 Å². The van der Waals surface area contributed by atoms with Gasteiger partial charge in [-0.2, -0.15) is 0 Å². The summed E-state index contributed by atoms with van der Waals surface area (Å²) in [5.74, 6) is -0.741. The van der Waals surface area contributed by atoms with Crippen LogP contribution in [0.5, 0.6) is 0 Å². The number of Topliss-reactive ketones (excluding diaryl/α,β-unsaturated/α-hetero) is 1. The maximum absolute atomic E-state index is 12.9. The van der Waals surface area contributed by atoms with Gasteiger partial charge in [-0.3, -0.25) is 4.79 Å². The van der Waals surface area contributed by atoms with Gasteiger partial charge in [0, 0.05) is 29.3 Å². The lowest BCUT2D eigenvalue weighted by Crippen LogP contribution is -2.40. The Labute approximate surface area is 160 Å². The Bertz CT molecular complexity index is 805. The number of dihydropyridines is 1. The molecular weight excluding hydrogens is 342 g/mol. The molecular formula is C22H27NO4. The van der Waals surface area contributed by atoms with E-state index in [1.165, 1.54) is 7.11 Å². The number of ketones is 1. The zero-order valence-corrected chi connectivity index (χ0v) is 16.4. The Hall–Kier alpha value is -2.40. The predicted molar refractivity (Wildman–Crippen MR) is 102 cm³/mol. The van der Waals surface area contributed by atoms with Crippen LogP contribution in [0.2, 0.25) is 0 Å². The minimum atomic E-state index is -0.419. The van der Waals surface area contributed by atoms with Crippen molar-refractivity contribution in [2.75, 3.05) is 13.7 Å². The van der Waals surface area contributed by atoms with Crippen molar-refractivity contribution < 1.29 is 19.1 Å². The normalized spacial score (nSPS) is 21.6. The van der Waals surface area contributed by atoms with E-state index in [0.29, 0.717) is 24.2 Å². The van der Waals surface area contributed by atoms with Crippen LogP contribution in [0.1, 0.15) is 39.2 Å². The number of ether oxygens (including phenoxy) is 2. The van der Waals surface area contributed by atoms with Crippen molar-refractivity contribution >= 4 is 11.8 Å². The molecule has 1 aliphatic carbocycles. The Morgan fingerprint density at radius 3 is 2.59 bits per heavy atom. The average Bonchev–Trinajstić information content (AvgIpc) is 2.60. The summed E-state index contributed by atoms with van der Waals surface area (Å²) in [4.78, 5) is 25.3. The van der Waals surface area contributed by atoms with Gasteiger partial charge in [0.25, 0.3) is 0 Å². The fraction of sp³-hybridized carbons (Fsp3) is 0.455. The lowest BCUT2D eigenvalue weighted by Gasteiger charge is -2.39. The van der Waals surface area contributed by atoms with E-state index in [1.807, 2.05) is 37.3 Å². The third-order valence-electron chi connectivity index (χ3n) is 5.16. The van der Waals surface area contributed by atoms with Crippen molar-refractivity contribution in [3.63, 3.8) is 0 Å². The van der Waals surface area contributed by atoms with Gasteiger partial charge in [-0.1, -0.05) is 44.2 Å². The van der Waals surface area contributed by atoms with Gasteiger partial charge in [0.15, 0.2) is 5.78 Å². The summed E-state index contributed by atoms with van der Waals surface area (Å²) in [5, 5.41) is 3.29. The first-order valence-electron chi connectivity index (χ1n) is 9.26. The predicted octanol–water partition coefficient (Wildman–Crippen LogP) is 3.51. The molecule has 1 aromatic rings. The first-order valence-corrected chi connectivity index (χ1v) is 9.26. The molecule has 0 fully saturated rings. The van der Waals surface area contributed by atoms with Gasteiger partial charge in [-0.25, -0.2) is 4.79 Å². The Balaban J connectivity index is 1.88. The second kappa shape index (κ2) is 7.69. The summed E-state index contributed by atoms with van der Waals surface area (Å²) in [6, 6.07) is 9.85. The number of esters is 1. The molecule has 144 valence electrons. The zero-order chi connectivity index (χ0) is 19.6. The van der Waals surface area contributed by atoms with Crippen molar-refractivity contribution in [3.05, 3.63) is 58.4 Å². The number of benzene rings is 1. The van der Waals surface area contributed by atoms with E-state index in [2.05, 4.69) is 19.2 Å². The van der Waals surface area contributed by atoms with Crippen molar-refractivity contribution in [3.8, 4) is 0 Å². The van der Waals surface area contributed by atoms with Crippen molar-refractivity contribution in [2.45, 2.75) is 40.2 Å². The molecule has 5 heteroatoms. The van der Waals surface area contributed by atoms with E-state index >= 15 is 0 Å². The third kappa shape index (κ3) is 4.14. The first kappa shape index (κ1) is 19.4. The Kier molecular flexibility index (Phi) is 5.51. The number of methoxy groups -OCH3 is 1. The van der Waals surface area contributed by atoms with E-state index < -0.39 is 11.9 Å². The van der Waals surface area contributed by atoms with Crippen LogP contribution in [0.3, 0.4) is 0 Å². The van der Waals surface area contributed by atoms with Crippen molar-refractivity contribution in [1.82, 2.24) is 5.32 Å². The number of carbonyl (C=O) groups is 2. The molecule has 1 atom stereocenters. The van der Waals surface area contributed by atoms with Gasteiger partial charge < -0.3 is 14.8 Å². The average molecular weight is 369 g/mol. The Morgan fingerprint density at radius 2 is 1.93 bits per heavy atom. The molecule has 2 aliphatic rings. The number of hydrogen-bond donors (Lipinski definition) is 1. The van der Waals surface area contributed by atoms with Gasteiger partial charge in [0.1, 0.15) is 0 Å². The highest BCUT2D eigenvalue weighted by Crippen LogP contribution is 2.43. The van der Waals surface area contributed by atoms with Crippen molar-refractivity contribution in [2.24, 2.45) is 11.3 Å². The van der Waals surface area contributed by atoms with Crippen LogP contribution in [0, 0.1) is 11.3 Å². The van der Waals surface area contributed by atoms with E-state index in [-0.39, 0.29) is 17.8 Å². The highest BCUT2D eigenvalue weighted by Gasteiger charge is 2.42. The highest BCUT2D eigenvalue weighted by atomic mass is 16.5. The second-order valence-corrected chi connectivity index (χ2v) is 8.04. The molecule has 1 aromatic carbocycles. The summed E-state index contributed by atoms with van der Waals surface area (Å²) in [6.45, 7) is 6.73. The summed E-state index contributed by atoms with van der Waals surface area (Å²) < 4.78 is 10.9. The lowest BCUT2D eigenvalue weighted by atomic mass is 9.70. The molecule has 3 rings (SSSR count). The van der Waals surface area contributed by atoms with E-state index in [9.17, 15) is 9.59 Å². The molecule has 1 aliphatic heterocycles. The summed E-state index contributed by atoms with van der Waals surface area (Å²) in [5.41, 5.74) is 3.76. The van der Waals surface area contributed by atoms with E-state index in [1.54, 1.807) is 0 Å². The molecule has 0 bridgehead atoms. The zero-order valence-electron chi connectivity index (χ0n) is 16.4. The first-order chi connectivity index (χ1) is 12.8. The molecule has 5 nitrogen and oxygen atoms in total. The quantitative estimate of drug-likeness (QED) is 0.805. The van der Waals surface area contributed by atoms with Crippen LogP contribution in [0.4, 0.5) is 0 Å². The molecule has 0 amide bonds. The van der Waals surface area contributed by atoms with Crippen LogP contribution in [0.25, 0.3) is 0 Å². The number of allylic oxidation sites excluding steroid dienone is 2. The van der Waals surface area contributed by atoms with E-state index in [4.69, 9.17) is 9.47 Å². The summed E-state index contributed by atoms with van der Waals surface area (Å²) in [7, 11) is 1.36. The van der Waals surface area contributed by atoms with Crippen LogP contribution in [0.15, 0.2) is 52.9 Å². The van der Waals surface area contributed by atoms with Crippen LogP contribution in [-0.2, 0) is 25.7 Å². The molecule has 27 heavy (non-hydrogen) atoms. The van der Waals surface area contributed by atoms with Gasteiger partial charge in [-0.05, 0) is 24.3 Å². The standard InChI is InChI=1S/C22H27NO4/c1-14-19(21(25)26-4)16(13-27-12-15-8-6-5-7-9-15)20-17(23-14)10-22(2,3)11-18(20)24/h5-9,16,23H,10-13H2,1-4H3/t16-/m0/s1. The molecule has 0 unspecified atom stereocenters. The molecule has 0 saturated carbocycles. The minimum Gasteiger partial charge on any atom is -0.466 e. The fourth-order valence-electron chi connectivity index (χ4n) is 3.99. The molecule has 0 radical (unpaired) electrons. The maximum atomic E-state index is 12.9. The number of hydrogen-bond acceptors (Lipinski definition) is 5. The van der Waals surface area contributed by atoms with Gasteiger partial charge in [0.2, 0.25) is 0 Å². The minimum absolute atomic E-state index is 0.0796. The lowest BCUT2D eigenvalue weighted by molar-refractivity contribution is -0.137. The van der Waals surface area contributed by atoms with Crippen molar-refractivity contribution in [1.29, 1.82) is 0 Å². The second-order valence-electron chi connectivity index (χ2n) is 8.04. The fourth-order valence-corrected chi connectivity index (χ4v) is 3.99.